The number of aromatic nitrogens is 2. The van der Waals surface area contributed by atoms with Crippen molar-refractivity contribution >= 4 is 17.8 Å². The lowest BCUT2D eigenvalue weighted by atomic mass is 10.1. The Bertz CT molecular complexity index is 485. The van der Waals surface area contributed by atoms with Gasteiger partial charge in [0.05, 0.1) is 0 Å². The zero-order valence-corrected chi connectivity index (χ0v) is 10.4. The van der Waals surface area contributed by atoms with Crippen molar-refractivity contribution in [1.82, 2.24) is 14.7 Å². The first kappa shape index (κ1) is 11.3. The third kappa shape index (κ3) is 1.60. The first-order valence-corrected chi connectivity index (χ1v) is 6.39. The molecule has 3 amide bonds. The molecule has 96 valence electrons. The molecule has 18 heavy (non-hydrogen) atoms. The molecule has 3 heterocycles. The van der Waals surface area contributed by atoms with Gasteiger partial charge in [-0.15, -0.1) is 0 Å². The van der Waals surface area contributed by atoms with E-state index in [2.05, 4.69) is 5.10 Å². The Hall–Kier alpha value is -1.85. The Kier molecular flexibility index (Phi) is 2.57. The highest BCUT2D eigenvalue weighted by Crippen LogP contribution is 2.24. The van der Waals surface area contributed by atoms with Crippen LogP contribution in [0.1, 0.15) is 25.5 Å². The van der Waals surface area contributed by atoms with Gasteiger partial charge in [0.25, 0.3) is 5.91 Å². The van der Waals surface area contributed by atoms with E-state index < -0.39 is 0 Å². The number of hydrogen-bond donors (Lipinski definition) is 0. The van der Waals surface area contributed by atoms with E-state index in [1.165, 1.54) is 9.80 Å². The van der Waals surface area contributed by atoms with Gasteiger partial charge in [0.2, 0.25) is 0 Å². The Labute approximate surface area is 105 Å². The second-order valence-electron chi connectivity index (χ2n) is 4.70. The van der Waals surface area contributed by atoms with Crippen molar-refractivity contribution in [1.29, 1.82) is 0 Å². The zero-order valence-electron chi connectivity index (χ0n) is 10.4. The number of anilines is 1. The summed E-state index contributed by atoms with van der Waals surface area (Å²) in [7, 11) is 0. The van der Waals surface area contributed by atoms with Gasteiger partial charge in [-0.05, 0) is 26.2 Å². The fourth-order valence-corrected chi connectivity index (χ4v) is 2.53. The molecule has 6 heteroatoms. The summed E-state index contributed by atoms with van der Waals surface area (Å²) in [6.45, 7) is 3.46. The third-order valence-electron chi connectivity index (χ3n) is 3.55. The summed E-state index contributed by atoms with van der Waals surface area (Å²) in [5, 5.41) is 4.38. The smallest absolute Gasteiger partial charge is 0.315 e. The maximum absolute atomic E-state index is 12.0. The van der Waals surface area contributed by atoms with Crippen LogP contribution in [0.25, 0.3) is 0 Å². The summed E-state index contributed by atoms with van der Waals surface area (Å²) in [6.07, 6.45) is 3.23. The molecule has 0 bridgehead atoms. The van der Waals surface area contributed by atoms with E-state index in [-0.39, 0.29) is 18.5 Å². The minimum atomic E-state index is -0.252. The van der Waals surface area contributed by atoms with Crippen LogP contribution >= 0.6 is 0 Å². The third-order valence-corrected chi connectivity index (χ3v) is 3.55. The number of imide groups is 1. The van der Waals surface area contributed by atoms with Crippen molar-refractivity contribution in [2.45, 2.75) is 32.7 Å². The molecule has 1 aromatic rings. The molecule has 0 aromatic carbocycles. The molecule has 0 saturated carbocycles. The van der Waals surface area contributed by atoms with Crippen molar-refractivity contribution in [2.24, 2.45) is 0 Å². The van der Waals surface area contributed by atoms with Crippen LogP contribution in [0.2, 0.25) is 0 Å². The maximum Gasteiger partial charge on any atom is 0.333 e. The van der Waals surface area contributed by atoms with E-state index in [4.69, 9.17) is 0 Å². The fourth-order valence-electron chi connectivity index (χ4n) is 2.53. The van der Waals surface area contributed by atoms with Gasteiger partial charge in [-0.25, -0.2) is 9.69 Å². The monoisotopic (exact) mass is 248 g/mol. The second-order valence-corrected chi connectivity index (χ2v) is 4.70. The van der Waals surface area contributed by atoms with Gasteiger partial charge in [0.1, 0.15) is 6.54 Å². The van der Waals surface area contributed by atoms with Gasteiger partial charge in [0, 0.05) is 24.8 Å². The lowest BCUT2D eigenvalue weighted by Gasteiger charge is -2.13. The maximum atomic E-state index is 12.0. The lowest BCUT2D eigenvalue weighted by molar-refractivity contribution is -0.116. The molecule has 1 saturated heterocycles. The largest absolute Gasteiger partial charge is 0.333 e. The van der Waals surface area contributed by atoms with E-state index in [0.717, 1.165) is 31.5 Å². The van der Waals surface area contributed by atoms with Crippen LogP contribution in [0.15, 0.2) is 6.07 Å². The molecule has 0 aliphatic carbocycles. The van der Waals surface area contributed by atoms with Gasteiger partial charge >= 0.3 is 6.03 Å². The Morgan fingerprint density at radius 1 is 1.33 bits per heavy atom. The van der Waals surface area contributed by atoms with E-state index >= 15 is 0 Å². The average Bonchev–Trinajstić information content (AvgIpc) is 2.89. The van der Waals surface area contributed by atoms with Crippen LogP contribution in [-0.2, 0) is 17.8 Å². The molecule has 2 aliphatic rings. The predicted octanol–water partition coefficient (Wildman–Crippen LogP) is 1.01. The van der Waals surface area contributed by atoms with E-state index in [9.17, 15) is 9.59 Å². The highest BCUT2D eigenvalue weighted by molar-refractivity contribution is 6.19. The van der Waals surface area contributed by atoms with Crippen LogP contribution < -0.4 is 4.90 Å². The van der Waals surface area contributed by atoms with E-state index in [1.807, 2.05) is 17.7 Å². The van der Waals surface area contributed by atoms with Crippen LogP contribution in [0, 0.1) is 0 Å². The van der Waals surface area contributed by atoms with Gasteiger partial charge in [0.15, 0.2) is 5.82 Å². The predicted molar refractivity (Wildman–Crippen MR) is 65.3 cm³/mol. The second kappa shape index (κ2) is 4.12. The molecule has 0 spiro atoms. The molecule has 1 aromatic heterocycles. The summed E-state index contributed by atoms with van der Waals surface area (Å²) < 4.78 is 1.91. The molecule has 3 rings (SSSR count). The van der Waals surface area contributed by atoms with Crippen molar-refractivity contribution in [2.75, 3.05) is 18.0 Å². The number of nitrogens with zero attached hydrogens (tertiary/aromatic N) is 4. The number of carbonyl (C=O) groups is 2. The minimum absolute atomic E-state index is 0.164. The number of rotatable bonds is 2. The molecule has 2 aliphatic heterocycles. The minimum Gasteiger partial charge on any atom is -0.315 e. The molecule has 0 unspecified atom stereocenters. The quantitative estimate of drug-likeness (QED) is 0.734. The summed E-state index contributed by atoms with van der Waals surface area (Å²) in [6, 6.07) is 1.62. The number of amides is 3. The number of fused-ring (bicyclic) bond motifs is 1. The Morgan fingerprint density at radius 2 is 2.17 bits per heavy atom. The van der Waals surface area contributed by atoms with E-state index in [1.54, 1.807) is 0 Å². The molecular weight excluding hydrogens is 232 g/mol. The number of likely N-dealkylation sites (N-methyl/N-ethyl adjacent to an activating group) is 1. The molecule has 0 radical (unpaired) electrons. The summed E-state index contributed by atoms with van der Waals surface area (Å²) in [5.41, 5.74) is 1.12. The molecule has 0 N–H and O–H groups in total. The van der Waals surface area contributed by atoms with Crippen LogP contribution in [-0.4, -0.2) is 39.7 Å². The molecule has 0 atom stereocenters. The van der Waals surface area contributed by atoms with Gasteiger partial charge in [-0.1, -0.05) is 0 Å². The normalized spacial score (nSPS) is 19.6. The topological polar surface area (TPSA) is 58.4 Å². The first-order valence-electron chi connectivity index (χ1n) is 6.39. The Balaban J connectivity index is 1.92. The summed E-state index contributed by atoms with van der Waals surface area (Å²) in [5.74, 6) is 0.301. The van der Waals surface area contributed by atoms with Crippen molar-refractivity contribution in [3.8, 4) is 0 Å². The van der Waals surface area contributed by atoms with Crippen LogP contribution in [0.3, 0.4) is 0 Å². The number of aryl methyl sites for hydroxylation is 2. The van der Waals surface area contributed by atoms with Crippen molar-refractivity contribution in [3.05, 3.63) is 11.8 Å². The first-order chi connectivity index (χ1) is 8.70. The number of hydrogen-bond acceptors (Lipinski definition) is 3. The highest BCUT2D eigenvalue weighted by Gasteiger charge is 2.38. The highest BCUT2D eigenvalue weighted by atomic mass is 16.2. The number of carbonyl (C=O) groups excluding carboxylic acids is 2. The van der Waals surface area contributed by atoms with Crippen LogP contribution in [0.4, 0.5) is 10.6 Å². The molecular formula is C12H16N4O2. The zero-order chi connectivity index (χ0) is 12.7. The van der Waals surface area contributed by atoms with Gasteiger partial charge < -0.3 is 4.90 Å². The molecule has 6 nitrogen and oxygen atoms in total. The summed E-state index contributed by atoms with van der Waals surface area (Å²) >= 11 is 0. The Morgan fingerprint density at radius 3 is 2.83 bits per heavy atom. The van der Waals surface area contributed by atoms with E-state index in [0.29, 0.717) is 12.4 Å². The van der Waals surface area contributed by atoms with Gasteiger partial charge in [-0.3, -0.25) is 9.48 Å². The average molecular weight is 248 g/mol. The van der Waals surface area contributed by atoms with Crippen LogP contribution in [0.5, 0.6) is 0 Å². The van der Waals surface area contributed by atoms with Crippen molar-refractivity contribution in [3.63, 3.8) is 0 Å². The standard InChI is InChI=1S/C12H16N4O2/c1-2-14-8-11(17)16(12(14)18)10-7-9-5-3-4-6-15(9)13-10/h7H,2-6,8H2,1H3. The molecule has 1 fully saturated rings. The SMILES string of the molecule is CCN1CC(=O)N(c2cc3n(n2)CCCC3)C1=O. The lowest BCUT2D eigenvalue weighted by Crippen LogP contribution is -2.33. The summed E-state index contributed by atoms with van der Waals surface area (Å²) in [4.78, 5) is 26.7. The van der Waals surface area contributed by atoms with Crippen molar-refractivity contribution < 1.29 is 9.59 Å². The fraction of sp³-hybridized carbons (Fsp3) is 0.583. The van der Waals surface area contributed by atoms with Gasteiger partial charge in [-0.2, -0.15) is 5.10 Å². The number of urea groups is 1.